The SMILES string of the molecule is Cc1nnc(-c2c[nH]c3c2ccc2ccccc23)o1. The molecule has 1 N–H and O–H groups in total. The van der Waals surface area contributed by atoms with Crippen molar-refractivity contribution >= 4 is 21.7 Å². The molecule has 0 atom stereocenters. The molecule has 0 unspecified atom stereocenters. The molecule has 4 rings (SSSR count). The van der Waals surface area contributed by atoms with Gasteiger partial charge in [-0.1, -0.05) is 36.4 Å². The Morgan fingerprint density at radius 3 is 2.74 bits per heavy atom. The summed E-state index contributed by atoms with van der Waals surface area (Å²) in [4.78, 5) is 3.31. The van der Waals surface area contributed by atoms with E-state index in [1.807, 2.05) is 18.3 Å². The third kappa shape index (κ3) is 1.46. The summed E-state index contributed by atoms with van der Waals surface area (Å²) in [5, 5.41) is 11.5. The van der Waals surface area contributed by atoms with Crippen molar-refractivity contribution < 1.29 is 4.42 Å². The average Bonchev–Trinajstić information content (AvgIpc) is 3.04. The Morgan fingerprint density at radius 1 is 1.00 bits per heavy atom. The molecular formula is C15H11N3O. The highest BCUT2D eigenvalue weighted by atomic mass is 16.4. The highest BCUT2D eigenvalue weighted by Gasteiger charge is 2.13. The van der Waals surface area contributed by atoms with Crippen LogP contribution in [0.4, 0.5) is 0 Å². The van der Waals surface area contributed by atoms with Crippen LogP contribution in [0.15, 0.2) is 47.0 Å². The number of hydrogen-bond acceptors (Lipinski definition) is 3. The number of benzene rings is 2. The van der Waals surface area contributed by atoms with E-state index in [2.05, 4.69) is 39.4 Å². The van der Waals surface area contributed by atoms with Crippen LogP contribution >= 0.6 is 0 Å². The van der Waals surface area contributed by atoms with Crippen molar-refractivity contribution in [2.45, 2.75) is 6.92 Å². The van der Waals surface area contributed by atoms with Crippen molar-refractivity contribution in [3.8, 4) is 11.5 Å². The van der Waals surface area contributed by atoms with Crippen molar-refractivity contribution in [3.05, 3.63) is 48.5 Å². The summed E-state index contributed by atoms with van der Waals surface area (Å²) in [7, 11) is 0. The zero-order valence-electron chi connectivity index (χ0n) is 10.3. The first-order valence-electron chi connectivity index (χ1n) is 6.12. The average molecular weight is 249 g/mol. The summed E-state index contributed by atoms with van der Waals surface area (Å²) in [6.45, 7) is 1.79. The van der Waals surface area contributed by atoms with E-state index in [1.54, 1.807) is 6.92 Å². The molecule has 0 aliphatic rings. The summed E-state index contributed by atoms with van der Waals surface area (Å²) >= 11 is 0. The van der Waals surface area contributed by atoms with E-state index < -0.39 is 0 Å². The second-order valence-corrected chi connectivity index (χ2v) is 4.54. The maximum absolute atomic E-state index is 5.51. The highest BCUT2D eigenvalue weighted by molar-refractivity contribution is 6.09. The van der Waals surface area contributed by atoms with E-state index in [0.29, 0.717) is 11.8 Å². The smallest absolute Gasteiger partial charge is 0.249 e. The molecule has 0 radical (unpaired) electrons. The third-order valence-electron chi connectivity index (χ3n) is 3.34. The molecule has 0 aliphatic heterocycles. The summed E-state index contributed by atoms with van der Waals surface area (Å²) < 4.78 is 5.51. The largest absolute Gasteiger partial charge is 0.421 e. The van der Waals surface area contributed by atoms with Crippen LogP contribution < -0.4 is 0 Å². The minimum atomic E-state index is 0.555. The van der Waals surface area contributed by atoms with Gasteiger partial charge < -0.3 is 9.40 Å². The van der Waals surface area contributed by atoms with Crippen LogP contribution in [0, 0.1) is 6.92 Å². The Morgan fingerprint density at radius 2 is 1.89 bits per heavy atom. The van der Waals surface area contributed by atoms with E-state index >= 15 is 0 Å². The molecule has 19 heavy (non-hydrogen) atoms. The molecule has 0 spiro atoms. The van der Waals surface area contributed by atoms with Gasteiger partial charge in [-0.05, 0) is 5.39 Å². The van der Waals surface area contributed by atoms with Gasteiger partial charge in [-0.3, -0.25) is 0 Å². The molecule has 0 saturated heterocycles. The van der Waals surface area contributed by atoms with Gasteiger partial charge in [0.05, 0.1) is 11.1 Å². The van der Waals surface area contributed by atoms with Gasteiger partial charge in [0.15, 0.2) is 0 Å². The lowest BCUT2D eigenvalue weighted by molar-refractivity contribution is 0.533. The van der Waals surface area contributed by atoms with E-state index in [-0.39, 0.29) is 0 Å². The molecule has 4 aromatic rings. The van der Waals surface area contributed by atoms with E-state index in [4.69, 9.17) is 4.42 Å². The van der Waals surface area contributed by atoms with Crippen LogP contribution in [0.25, 0.3) is 33.1 Å². The van der Waals surface area contributed by atoms with E-state index in [0.717, 1.165) is 16.5 Å². The Labute approximate surface area is 109 Å². The molecule has 2 heterocycles. The van der Waals surface area contributed by atoms with Gasteiger partial charge >= 0.3 is 0 Å². The Balaban J connectivity index is 2.07. The van der Waals surface area contributed by atoms with Crippen molar-refractivity contribution in [2.24, 2.45) is 0 Å². The van der Waals surface area contributed by atoms with Crippen molar-refractivity contribution in [3.63, 3.8) is 0 Å². The molecule has 2 aromatic carbocycles. The van der Waals surface area contributed by atoms with Crippen molar-refractivity contribution in [1.82, 2.24) is 15.2 Å². The summed E-state index contributed by atoms with van der Waals surface area (Å²) in [6, 6.07) is 12.5. The first-order chi connectivity index (χ1) is 9.33. The van der Waals surface area contributed by atoms with Gasteiger partial charge in [-0.2, -0.15) is 0 Å². The van der Waals surface area contributed by atoms with E-state index in [9.17, 15) is 0 Å². The first-order valence-corrected chi connectivity index (χ1v) is 6.12. The second kappa shape index (κ2) is 3.68. The number of aryl methyl sites for hydroxylation is 1. The van der Waals surface area contributed by atoms with Gasteiger partial charge in [-0.15, -0.1) is 10.2 Å². The maximum Gasteiger partial charge on any atom is 0.249 e. The fourth-order valence-corrected chi connectivity index (χ4v) is 2.46. The van der Waals surface area contributed by atoms with Gasteiger partial charge in [0.2, 0.25) is 11.8 Å². The number of rotatable bonds is 1. The summed E-state index contributed by atoms with van der Waals surface area (Å²) in [5.41, 5.74) is 2.05. The van der Waals surface area contributed by atoms with Crippen LogP contribution in [0.2, 0.25) is 0 Å². The van der Waals surface area contributed by atoms with E-state index in [1.165, 1.54) is 10.8 Å². The fraction of sp³-hybridized carbons (Fsp3) is 0.0667. The normalized spacial score (nSPS) is 11.4. The number of H-pyrrole nitrogens is 1. The molecule has 0 saturated carbocycles. The van der Waals surface area contributed by atoms with Crippen molar-refractivity contribution in [2.75, 3.05) is 0 Å². The molecule has 4 heteroatoms. The quantitative estimate of drug-likeness (QED) is 0.560. The molecule has 4 nitrogen and oxygen atoms in total. The number of aromatic amines is 1. The lowest BCUT2D eigenvalue weighted by Gasteiger charge is -1.99. The molecular weight excluding hydrogens is 238 g/mol. The number of nitrogens with one attached hydrogen (secondary N) is 1. The maximum atomic E-state index is 5.51. The third-order valence-corrected chi connectivity index (χ3v) is 3.34. The number of nitrogens with zero attached hydrogens (tertiary/aromatic N) is 2. The van der Waals surface area contributed by atoms with Gasteiger partial charge in [0.1, 0.15) is 0 Å². The van der Waals surface area contributed by atoms with Crippen LogP contribution in [0.3, 0.4) is 0 Å². The lowest BCUT2D eigenvalue weighted by Crippen LogP contribution is -1.77. The minimum Gasteiger partial charge on any atom is -0.421 e. The van der Waals surface area contributed by atoms with Crippen LogP contribution in [0.1, 0.15) is 5.89 Å². The summed E-state index contributed by atoms with van der Waals surface area (Å²) in [5.74, 6) is 1.13. The Kier molecular flexibility index (Phi) is 2.00. The zero-order valence-corrected chi connectivity index (χ0v) is 10.3. The first kappa shape index (κ1) is 10.3. The second-order valence-electron chi connectivity index (χ2n) is 4.54. The zero-order chi connectivity index (χ0) is 12.8. The minimum absolute atomic E-state index is 0.555. The number of aromatic nitrogens is 3. The van der Waals surface area contributed by atoms with Crippen molar-refractivity contribution in [1.29, 1.82) is 0 Å². The monoisotopic (exact) mass is 249 g/mol. The lowest BCUT2D eigenvalue weighted by atomic mass is 10.1. The molecule has 92 valence electrons. The fourth-order valence-electron chi connectivity index (χ4n) is 2.46. The molecule has 2 aromatic heterocycles. The van der Waals surface area contributed by atoms with Crippen LogP contribution in [-0.4, -0.2) is 15.2 Å². The molecule has 0 amide bonds. The number of fused-ring (bicyclic) bond motifs is 3. The highest BCUT2D eigenvalue weighted by Crippen LogP contribution is 2.32. The predicted octanol–water partition coefficient (Wildman–Crippen LogP) is 3.68. The number of hydrogen-bond donors (Lipinski definition) is 1. The molecule has 0 bridgehead atoms. The van der Waals surface area contributed by atoms with Gasteiger partial charge in [0, 0.05) is 23.9 Å². The Bertz CT molecular complexity index is 889. The summed E-state index contributed by atoms with van der Waals surface area (Å²) in [6.07, 6.45) is 1.92. The predicted molar refractivity (Wildman–Crippen MR) is 73.8 cm³/mol. The van der Waals surface area contributed by atoms with Crippen LogP contribution in [0.5, 0.6) is 0 Å². The van der Waals surface area contributed by atoms with Gasteiger partial charge in [0.25, 0.3) is 0 Å². The Hall–Kier alpha value is -2.62. The van der Waals surface area contributed by atoms with Gasteiger partial charge in [-0.25, -0.2) is 0 Å². The van der Waals surface area contributed by atoms with Crippen LogP contribution in [-0.2, 0) is 0 Å². The topological polar surface area (TPSA) is 54.7 Å². The molecule has 0 aliphatic carbocycles. The molecule has 0 fully saturated rings. The standard InChI is InChI=1S/C15H11N3O/c1-9-17-18-15(19-9)13-8-16-14-11-5-3-2-4-10(11)6-7-12(13)14/h2-8,16H,1H3.